The van der Waals surface area contributed by atoms with Crippen LogP contribution in [-0.2, 0) is 0 Å². The first-order valence-electron chi connectivity index (χ1n) is 7.71. The maximum Gasteiger partial charge on any atom is 0.265 e. The molecule has 5 heteroatoms. The van der Waals surface area contributed by atoms with Crippen molar-refractivity contribution in [3.05, 3.63) is 94.5 Å². The fraction of sp³-hybridized carbons (Fsp3) is 0. The van der Waals surface area contributed by atoms with Crippen molar-refractivity contribution in [2.45, 2.75) is 0 Å². The van der Waals surface area contributed by atoms with Crippen molar-refractivity contribution < 1.29 is 4.74 Å². The third-order valence-electron chi connectivity index (χ3n) is 3.83. The van der Waals surface area contributed by atoms with E-state index < -0.39 is 0 Å². The van der Waals surface area contributed by atoms with Crippen molar-refractivity contribution in [2.24, 2.45) is 0 Å². The second kappa shape index (κ2) is 6.42. The summed E-state index contributed by atoms with van der Waals surface area (Å²) in [7, 11) is 0. The topological polar surface area (TPSA) is 44.1 Å². The van der Waals surface area contributed by atoms with Crippen LogP contribution >= 0.6 is 11.6 Å². The zero-order valence-corrected chi connectivity index (χ0v) is 13.9. The Hall–Kier alpha value is -3.11. The summed E-state index contributed by atoms with van der Waals surface area (Å²) >= 11 is 5.87. The monoisotopic (exact) mass is 348 g/mol. The van der Waals surface area contributed by atoms with E-state index in [1.54, 1.807) is 36.7 Å². The van der Waals surface area contributed by atoms with Gasteiger partial charge in [0.25, 0.3) is 5.56 Å². The van der Waals surface area contributed by atoms with Gasteiger partial charge in [-0.3, -0.25) is 9.36 Å². The van der Waals surface area contributed by atoms with Crippen molar-refractivity contribution in [1.29, 1.82) is 0 Å². The number of rotatable bonds is 3. The molecule has 25 heavy (non-hydrogen) atoms. The molecule has 0 spiro atoms. The Kier molecular flexibility index (Phi) is 3.96. The predicted octanol–water partition coefficient (Wildman–Crippen LogP) is 4.83. The van der Waals surface area contributed by atoms with E-state index >= 15 is 0 Å². The van der Waals surface area contributed by atoms with Crippen LogP contribution in [0.5, 0.6) is 11.5 Å². The molecule has 122 valence electrons. The molecule has 0 aliphatic rings. The smallest absolute Gasteiger partial charge is 0.265 e. The van der Waals surface area contributed by atoms with Crippen LogP contribution in [0.15, 0.2) is 83.9 Å². The third kappa shape index (κ3) is 3.12. The highest BCUT2D eigenvalue weighted by molar-refractivity contribution is 6.30. The summed E-state index contributed by atoms with van der Waals surface area (Å²) in [6.07, 6.45) is 1.54. The van der Waals surface area contributed by atoms with Gasteiger partial charge in [-0.25, -0.2) is 4.98 Å². The molecule has 4 aromatic rings. The number of hydrogen-bond donors (Lipinski definition) is 0. The van der Waals surface area contributed by atoms with Crippen LogP contribution < -0.4 is 10.3 Å². The lowest BCUT2D eigenvalue weighted by atomic mass is 10.2. The summed E-state index contributed by atoms with van der Waals surface area (Å²) in [5.74, 6) is 1.37. The Balaban J connectivity index is 1.65. The van der Waals surface area contributed by atoms with Gasteiger partial charge in [-0.15, -0.1) is 0 Å². The largest absolute Gasteiger partial charge is 0.457 e. The Labute approximate surface area is 148 Å². The number of para-hydroxylation sites is 1. The fourth-order valence-electron chi connectivity index (χ4n) is 2.57. The molecule has 1 heterocycles. The van der Waals surface area contributed by atoms with Gasteiger partial charge < -0.3 is 4.74 Å². The lowest BCUT2D eigenvalue weighted by molar-refractivity contribution is 0.482. The van der Waals surface area contributed by atoms with Crippen LogP contribution in [0.3, 0.4) is 0 Å². The standard InChI is InChI=1S/C20H13ClN2O2/c21-14-5-9-16(10-6-14)25-17-11-7-15(8-12-17)23-13-22-19-4-2-1-3-18(19)20(23)24/h1-13H. The van der Waals surface area contributed by atoms with Gasteiger partial charge in [-0.05, 0) is 60.7 Å². The van der Waals surface area contributed by atoms with Crippen LogP contribution in [0.1, 0.15) is 0 Å². The molecular formula is C20H13ClN2O2. The fourth-order valence-corrected chi connectivity index (χ4v) is 2.69. The van der Waals surface area contributed by atoms with Crippen molar-refractivity contribution in [3.8, 4) is 17.2 Å². The SMILES string of the molecule is O=c1c2ccccc2ncn1-c1ccc(Oc2ccc(Cl)cc2)cc1. The first-order valence-corrected chi connectivity index (χ1v) is 8.09. The van der Waals surface area contributed by atoms with Gasteiger partial charge in [0.05, 0.1) is 16.6 Å². The first-order chi connectivity index (χ1) is 12.2. The van der Waals surface area contributed by atoms with E-state index in [9.17, 15) is 4.79 Å². The van der Waals surface area contributed by atoms with Crippen molar-refractivity contribution in [2.75, 3.05) is 0 Å². The normalized spacial score (nSPS) is 10.8. The summed E-state index contributed by atoms with van der Waals surface area (Å²) in [6.45, 7) is 0. The van der Waals surface area contributed by atoms with E-state index in [4.69, 9.17) is 16.3 Å². The molecule has 0 radical (unpaired) electrons. The highest BCUT2D eigenvalue weighted by Gasteiger charge is 2.06. The molecule has 0 saturated carbocycles. The Morgan fingerprint density at radius 2 is 1.48 bits per heavy atom. The molecular weight excluding hydrogens is 336 g/mol. The van der Waals surface area contributed by atoms with E-state index in [0.29, 0.717) is 27.4 Å². The van der Waals surface area contributed by atoms with E-state index in [1.165, 1.54) is 4.57 Å². The number of benzene rings is 3. The van der Waals surface area contributed by atoms with E-state index in [1.807, 2.05) is 42.5 Å². The van der Waals surface area contributed by atoms with Crippen LogP contribution in [-0.4, -0.2) is 9.55 Å². The highest BCUT2D eigenvalue weighted by Crippen LogP contribution is 2.24. The predicted molar refractivity (Wildman–Crippen MR) is 98.9 cm³/mol. The minimum absolute atomic E-state index is 0.100. The van der Waals surface area contributed by atoms with Gasteiger partial charge >= 0.3 is 0 Å². The molecule has 1 aromatic heterocycles. The average Bonchev–Trinajstić information content (AvgIpc) is 2.65. The zero-order chi connectivity index (χ0) is 17.2. The van der Waals surface area contributed by atoms with Crippen LogP contribution in [0.25, 0.3) is 16.6 Å². The van der Waals surface area contributed by atoms with E-state index in [-0.39, 0.29) is 5.56 Å². The van der Waals surface area contributed by atoms with Gasteiger partial charge in [0, 0.05) is 5.02 Å². The Morgan fingerprint density at radius 1 is 0.840 bits per heavy atom. The summed E-state index contributed by atoms with van der Waals surface area (Å²) < 4.78 is 7.29. The number of nitrogens with zero attached hydrogens (tertiary/aromatic N) is 2. The second-order valence-corrected chi connectivity index (χ2v) is 5.92. The lowest BCUT2D eigenvalue weighted by Gasteiger charge is -2.09. The van der Waals surface area contributed by atoms with Crippen molar-refractivity contribution in [1.82, 2.24) is 9.55 Å². The van der Waals surface area contributed by atoms with Crippen LogP contribution in [0.4, 0.5) is 0 Å². The van der Waals surface area contributed by atoms with Gasteiger partial charge in [-0.2, -0.15) is 0 Å². The molecule has 0 amide bonds. The van der Waals surface area contributed by atoms with E-state index in [2.05, 4.69) is 4.98 Å². The number of hydrogen-bond acceptors (Lipinski definition) is 3. The minimum Gasteiger partial charge on any atom is -0.457 e. The molecule has 0 aliphatic carbocycles. The number of ether oxygens (including phenoxy) is 1. The van der Waals surface area contributed by atoms with Gasteiger partial charge in [0.1, 0.15) is 17.8 Å². The molecule has 0 fully saturated rings. The van der Waals surface area contributed by atoms with Crippen LogP contribution in [0.2, 0.25) is 5.02 Å². The van der Waals surface area contributed by atoms with Gasteiger partial charge in [0.2, 0.25) is 0 Å². The minimum atomic E-state index is -0.100. The molecule has 4 nitrogen and oxygen atoms in total. The second-order valence-electron chi connectivity index (χ2n) is 5.49. The molecule has 0 atom stereocenters. The molecule has 4 rings (SSSR count). The summed E-state index contributed by atoms with van der Waals surface area (Å²) in [6, 6.07) is 21.7. The van der Waals surface area contributed by atoms with Crippen LogP contribution in [0, 0.1) is 0 Å². The maximum absolute atomic E-state index is 12.6. The molecule has 3 aromatic carbocycles. The molecule has 0 N–H and O–H groups in total. The van der Waals surface area contributed by atoms with Gasteiger partial charge in [-0.1, -0.05) is 23.7 Å². The Morgan fingerprint density at radius 3 is 2.20 bits per heavy atom. The molecule has 0 aliphatic heterocycles. The Bertz CT molecular complexity index is 1090. The zero-order valence-electron chi connectivity index (χ0n) is 13.1. The van der Waals surface area contributed by atoms with E-state index in [0.717, 1.165) is 5.69 Å². The quantitative estimate of drug-likeness (QED) is 0.532. The van der Waals surface area contributed by atoms with Gasteiger partial charge in [0.15, 0.2) is 0 Å². The molecule has 0 saturated heterocycles. The molecule has 0 bridgehead atoms. The first kappa shape index (κ1) is 15.4. The summed E-state index contributed by atoms with van der Waals surface area (Å²) in [5.41, 5.74) is 1.31. The average molecular weight is 349 g/mol. The summed E-state index contributed by atoms with van der Waals surface area (Å²) in [4.78, 5) is 17.0. The summed E-state index contributed by atoms with van der Waals surface area (Å²) in [5, 5.41) is 1.25. The highest BCUT2D eigenvalue weighted by atomic mass is 35.5. The number of fused-ring (bicyclic) bond motifs is 1. The third-order valence-corrected chi connectivity index (χ3v) is 4.08. The molecule has 0 unspecified atom stereocenters. The van der Waals surface area contributed by atoms with Crippen molar-refractivity contribution in [3.63, 3.8) is 0 Å². The number of halogens is 1. The maximum atomic E-state index is 12.6. The number of aromatic nitrogens is 2. The van der Waals surface area contributed by atoms with Crippen molar-refractivity contribution >= 4 is 22.5 Å². The lowest BCUT2D eigenvalue weighted by Crippen LogP contribution is -2.18.